The molecule has 0 saturated carbocycles. The first kappa shape index (κ1) is 22.0. The average molecular weight is 471 g/mol. The number of carbonyl (C=O) groups is 2. The minimum absolute atomic E-state index is 0.0522. The standard InChI is InChI=1S/C23H22N2O5S2/c1-3-30-23(27)21-15(2)13-20(31-21)24-22(26)17-8-6-9-18(14-17)32(28,29)25-12-11-16-7-4-5-10-19(16)25/h4-10,13-14H,3,11-12H2,1-2H3,(H,24,26). The number of hydrogen-bond acceptors (Lipinski definition) is 6. The van der Waals surface area contributed by atoms with E-state index < -0.39 is 21.9 Å². The summed E-state index contributed by atoms with van der Waals surface area (Å²) in [6.45, 7) is 4.12. The maximum Gasteiger partial charge on any atom is 0.348 e. The number of aryl methyl sites for hydroxylation is 1. The van der Waals surface area contributed by atoms with Gasteiger partial charge in [0.05, 0.1) is 22.2 Å². The molecule has 1 aliphatic heterocycles. The summed E-state index contributed by atoms with van der Waals surface area (Å²) in [5.41, 5.74) is 2.56. The van der Waals surface area contributed by atoms with Crippen molar-refractivity contribution in [3.05, 3.63) is 76.2 Å². The van der Waals surface area contributed by atoms with Gasteiger partial charge in [-0.1, -0.05) is 24.3 Å². The minimum Gasteiger partial charge on any atom is -0.462 e. The van der Waals surface area contributed by atoms with Crippen molar-refractivity contribution in [3.63, 3.8) is 0 Å². The predicted octanol–water partition coefficient (Wildman–Crippen LogP) is 4.24. The van der Waals surface area contributed by atoms with Gasteiger partial charge in [0.2, 0.25) is 0 Å². The number of rotatable bonds is 6. The van der Waals surface area contributed by atoms with Crippen molar-refractivity contribution in [1.29, 1.82) is 0 Å². The van der Waals surface area contributed by atoms with E-state index >= 15 is 0 Å². The van der Waals surface area contributed by atoms with Crippen LogP contribution in [0.5, 0.6) is 0 Å². The maximum atomic E-state index is 13.3. The molecule has 3 aromatic rings. The number of nitrogens with one attached hydrogen (secondary N) is 1. The Hall–Kier alpha value is -3.17. The lowest BCUT2D eigenvalue weighted by Gasteiger charge is -2.19. The Kier molecular flexibility index (Phi) is 6.03. The molecule has 0 spiro atoms. The third-order valence-corrected chi connectivity index (χ3v) is 8.09. The van der Waals surface area contributed by atoms with Gasteiger partial charge in [0.25, 0.3) is 15.9 Å². The summed E-state index contributed by atoms with van der Waals surface area (Å²) in [4.78, 5) is 25.3. The summed E-state index contributed by atoms with van der Waals surface area (Å²) >= 11 is 1.12. The highest BCUT2D eigenvalue weighted by Crippen LogP contribution is 2.33. The molecule has 2 aromatic carbocycles. The van der Waals surface area contributed by atoms with Crippen molar-refractivity contribution in [2.24, 2.45) is 0 Å². The molecule has 32 heavy (non-hydrogen) atoms. The van der Waals surface area contributed by atoms with Gasteiger partial charge in [-0.25, -0.2) is 13.2 Å². The van der Waals surface area contributed by atoms with Crippen LogP contribution in [0.3, 0.4) is 0 Å². The Morgan fingerprint density at radius 3 is 2.69 bits per heavy atom. The molecule has 0 fully saturated rings. The Morgan fingerprint density at radius 2 is 1.91 bits per heavy atom. The Morgan fingerprint density at radius 1 is 1.12 bits per heavy atom. The number of benzene rings is 2. The van der Waals surface area contributed by atoms with Crippen LogP contribution in [0.4, 0.5) is 10.7 Å². The second-order valence-corrected chi connectivity index (χ2v) is 10.2. The highest BCUT2D eigenvalue weighted by atomic mass is 32.2. The van der Waals surface area contributed by atoms with E-state index in [1.54, 1.807) is 38.1 Å². The number of thiophene rings is 1. The van der Waals surface area contributed by atoms with Crippen LogP contribution in [0.1, 0.15) is 38.1 Å². The number of sulfonamides is 1. The van der Waals surface area contributed by atoms with Gasteiger partial charge >= 0.3 is 5.97 Å². The third-order valence-electron chi connectivity index (χ3n) is 5.14. The van der Waals surface area contributed by atoms with E-state index in [2.05, 4.69) is 5.32 Å². The van der Waals surface area contributed by atoms with E-state index in [9.17, 15) is 18.0 Å². The van der Waals surface area contributed by atoms with Crippen LogP contribution < -0.4 is 9.62 Å². The van der Waals surface area contributed by atoms with Gasteiger partial charge in [-0.05, 0) is 61.7 Å². The summed E-state index contributed by atoms with van der Waals surface area (Å²) < 4.78 is 32.9. The fourth-order valence-corrected chi connectivity index (χ4v) is 6.12. The molecule has 1 aliphatic rings. The molecule has 4 rings (SSSR count). The van der Waals surface area contributed by atoms with Crippen LogP contribution in [0, 0.1) is 6.92 Å². The number of esters is 1. The lowest BCUT2D eigenvalue weighted by Crippen LogP contribution is -2.29. The molecule has 0 aliphatic carbocycles. The van der Waals surface area contributed by atoms with Crippen LogP contribution >= 0.6 is 11.3 Å². The highest BCUT2D eigenvalue weighted by Gasteiger charge is 2.31. The number of anilines is 2. The lowest BCUT2D eigenvalue weighted by atomic mass is 10.2. The monoisotopic (exact) mass is 470 g/mol. The average Bonchev–Trinajstić information content (AvgIpc) is 3.37. The van der Waals surface area contributed by atoms with Crippen molar-refractivity contribution < 1.29 is 22.7 Å². The topological polar surface area (TPSA) is 92.8 Å². The number of nitrogens with zero attached hydrogens (tertiary/aromatic N) is 1. The second kappa shape index (κ2) is 8.76. The molecule has 1 aromatic heterocycles. The molecule has 0 unspecified atom stereocenters. The number of amides is 1. The van der Waals surface area contributed by atoms with Crippen molar-refractivity contribution >= 4 is 43.9 Å². The van der Waals surface area contributed by atoms with Gasteiger partial charge in [-0.15, -0.1) is 11.3 Å². The van der Waals surface area contributed by atoms with Crippen molar-refractivity contribution in [1.82, 2.24) is 0 Å². The van der Waals surface area contributed by atoms with Crippen LogP contribution in [-0.4, -0.2) is 33.4 Å². The fourth-order valence-electron chi connectivity index (χ4n) is 3.61. The first-order chi connectivity index (χ1) is 15.3. The summed E-state index contributed by atoms with van der Waals surface area (Å²) in [5.74, 6) is -0.894. The second-order valence-electron chi connectivity index (χ2n) is 7.28. The van der Waals surface area contributed by atoms with E-state index in [1.165, 1.54) is 16.4 Å². The molecule has 0 atom stereocenters. The molecule has 7 nitrogen and oxygen atoms in total. The predicted molar refractivity (Wildman–Crippen MR) is 124 cm³/mol. The van der Waals surface area contributed by atoms with E-state index in [-0.39, 0.29) is 17.1 Å². The van der Waals surface area contributed by atoms with Crippen molar-refractivity contribution in [2.75, 3.05) is 22.8 Å². The zero-order chi connectivity index (χ0) is 22.9. The maximum absolute atomic E-state index is 13.3. The molecule has 1 amide bonds. The van der Waals surface area contributed by atoms with Crippen molar-refractivity contribution in [3.8, 4) is 0 Å². The van der Waals surface area contributed by atoms with Crippen LogP contribution in [0.15, 0.2) is 59.5 Å². The van der Waals surface area contributed by atoms with Gasteiger partial charge in [0.1, 0.15) is 4.88 Å². The molecule has 0 saturated heterocycles. The van der Waals surface area contributed by atoms with E-state index in [0.29, 0.717) is 34.1 Å². The fraction of sp³-hybridized carbons (Fsp3) is 0.217. The normalized spacial score (nSPS) is 13.0. The molecule has 0 bridgehead atoms. The highest BCUT2D eigenvalue weighted by molar-refractivity contribution is 7.92. The Labute approximate surface area is 190 Å². The molecule has 1 N–H and O–H groups in total. The molecular formula is C23H22N2O5S2. The van der Waals surface area contributed by atoms with E-state index in [4.69, 9.17) is 4.74 Å². The largest absolute Gasteiger partial charge is 0.462 e. The first-order valence-corrected chi connectivity index (χ1v) is 12.4. The quantitative estimate of drug-likeness (QED) is 0.544. The molecule has 166 valence electrons. The number of hydrogen-bond donors (Lipinski definition) is 1. The van der Waals surface area contributed by atoms with Crippen LogP contribution in [0.2, 0.25) is 0 Å². The van der Waals surface area contributed by atoms with Gasteiger partial charge in [-0.3, -0.25) is 9.10 Å². The number of fused-ring (bicyclic) bond motifs is 1. The summed E-state index contributed by atoms with van der Waals surface area (Å²) in [6.07, 6.45) is 0.649. The first-order valence-electron chi connectivity index (χ1n) is 10.1. The van der Waals surface area contributed by atoms with Gasteiger partial charge in [-0.2, -0.15) is 0 Å². The van der Waals surface area contributed by atoms with Crippen LogP contribution in [-0.2, 0) is 21.2 Å². The SMILES string of the molecule is CCOC(=O)c1sc(NC(=O)c2cccc(S(=O)(=O)N3CCc4ccccc43)c2)cc1C. The van der Waals surface area contributed by atoms with Crippen molar-refractivity contribution in [2.45, 2.75) is 25.2 Å². The molecular weight excluding hydrogens is 448 g/mol. The molecule has 0 radical (unpaired) electrons. The smallest absolute Gasteiger partial charge is 0.348 e. The number of para-hydroxylation sites is 1. The number of ether oxygens (including phenoxy) is 1. The Bertz CT molecular complexity index is 1300. The Balaban J connectivity index is 1.56. The zero-order valence-corrected chi connectivity index (χ0v) is 19.3. The summed E-state index contributed by atoms with van der Waals surface area (Å²) in [5, 5.41) is 3.23. The van der Waals surface area contributed by atoms with Gasteiger partial charge < -0.3 is 10.1 Å². The third kappa shape index (κ3) is 4.13. The molecule has 2 heterocycles. The lowest BCUT2D eigenvalue weighted by molar-refractivity contribution is 0.0531. The summed E-state index contributed by atoms with van der Waals surface area (Å²) in [6, 6.07) is 15.1. The van der Waals surface area contributed by atoms with E-state index in [1.807, 2.05) is 18.2 Å². The minimum atomic E-state index is -3.81. The number of carbonyl (C=O) groups excluding carboxylic acids is 2. The molecule has 9 heteroatoms. The van der Waals surface area contributed by atoms with Gasteiger partial charge in [0, 0.05) is 12.1 Å². The van der Waals surface area contributed by atoms with E-state index in [0.717, 1.165) is 16.9 Å². The summed E-state index contributed by atoms with van der Waals surface area (Å²) in [7, 11) is -3.81. The van der Waals surface area contributed by atoms with Gasteiger partial charge in [0.15, 0.2) is 0 Å². The zero-order valence-electron chi connectivity index (χ0n) is 17.6. The van der Waals surface area contributed by atoms with Crippen LogP contribution in [0.25, 0.3) is 0 Å².